The van der Waals surface area contributed by atoms with E-state index in [1.165, 1.54) is 5.57 Å². The zero-order valence-corrected chi connectivity index (χ0v) is 11.0. The maximum atomic E-state index is 11.8. The van der Waals surface area contributed by atoms with Gasteiger partial charge in [-0.1, -0.05) is 6.92 Å². The fraction of sp³-hybridized carbons (Fsp3) is 0.667. The van der Waals surface area contributed by atoms with Crippen molar-refractivity contribution in [2.75, 3.05) is 0 Å². The first-order chi connectivity index (χ1) is 9.02. The average molecular weight is 260 g/mol. The van der Waals surface area contributed by atoms with E-state index in [1.807, 2.05) is 6.92 Å². The van der Waals surface area contributed by atoms with Gasteiger partial charge in [0.25, 0.3) is 0 Å². The number of aliphatic hydroxyl groups excluding tert-OH is 1. The molecule has 4 nitrogen and oxygen atoms in total. The van der Waals surface area contributed by atoms with Gasteiger partial charge >= 0.3 is 5.97 Å². The van der Waals surface area contributed by atoms with Gasteiger partial charge in [0.1, 0.15) is 12.2 Å². The molecule has 0 bridgehead atoms. The molecule has 19 heavy (non-hydrogen) atoms. The first kappa shape index (κ1) is 10.6. The smallest absolute Gasteiger partial charge is 0.334 e. The number of hydrogen-bond acceptors (Lipinski definition) is 4. The molecule has 0 aromatic heterocycles. The molecule has 1 N–H and O–H groups in total. The SMILES string of the molecule is CC1=C2[C@@H]3O[C@H](O)C4=C3[C@@](C)(C[C@@H]2OC1=O)[C@@H]1C[C@H]41. The summed E-state index contributed by atoms with van der Waals surface area (Å²) in [4.78, 5) is 11.8. The summed E-state index contributed by atoms with van der Waals surface area (Å²) in [5.41, 5.74) is 4.09. The standard InChI is InChI=1S/C15H16O4/c1-5-9-8(18-13(5)16)4-15(2)7-3-6(7)10-11(15)12(9)19-14(10)17/h6-8,12,14,17H,3-4H2,1-2H3/t6-,7+,8-,12-,14-,15-/m0/s1. The fourth-order valence-corrected chi connectivity index (χ4v) is 5.04. The number of rotatable bonds is 0. The molecule has 2 saturated carbocycles. The Kier molecular flexibility index (Phi) is 1.57. The molecule has 0 spiro atoms. The van der Waals surface area contributed by atoms with Crippen LogP contribution in [-0.2, 0) is 14.3 Å². The largest absolute Gasteiger partial charge is 0.454 e. The number of carbonyl (C=O) groups is 1. The minimum Gasteiger partial charge on any atom is -0.454 e. The molecule has 2 aliphatic heterocycles. The third kappa shape index (κ3) is 0.974. The molecule has 0 saturated heterocycles. The highest BCUT2D eigenvalue weighted by Crippen LogP contribution is 2.72. The third-order valence-electron chi connectivity index (χ3n) is 5.96. The van der Waals surface area contributed by atoms with E-state index in [1.54, 1.807) is 0 Å². The number of carbonyl (C=O) groups excluding carboxylic acids is 1. The van der Waals surface area contributed by atoms with Gasteiger partial charge in [-0.25, -0.2) is 4.79 Å². The van der Waals surface area contributed by atoms with E-state index in [0.29, 0.717) is 17.4 Å². The Hall–Kier alpha value is -1.13. The van der Waals surface area contributed by atoms with Crippen LogP contribution in [0.4, 0.5) is 0 Å². The number of fused-ring (bicyclic) bond motifs is 5. The summed E-state index contributed by atoms with van der Waals surface area (Å²) in [5.74, 6) is 0.915. The van der Waals surface area contributed by atoms with Crippen LogP contribution in [0.2, 0.25) is 0 Å². The van der Waals surface area contributed by atoms with E-state index in [-0.39, 0.29) is 23.6 Å². The van der Waals surface area contributed by atoms with Crippen LogP contribution >= 0.6 is 0 Å². The van der Waals surface area contributed by atoms with Crippen LogP contribution in [0.25, 0.3) is 0 Å². The maximum absolute atomic E-state index is 11.8. The van der Waals surface area contributed by atoms with Crippen LogP contribution < -0.4 is 0 Å². The summed E-state index contributed by atoms with van der Waals surface area (Å²) in [6.07, 6.45) is 0.885. The first-order valence-corrected chi connectivity index (χ1v) is 7.02. The van der Waals surface area contributed by atoms with Gasteiger partial charge in [0, 0.05) is 11.1 Å². The van der Waals surface area contributed by atoms with Gasteiger partial charge in [-0.2, -0.15) is 0 Å². The summed E-state index contributed by atoms with van der Waals surface area (Å²) in [6, 6.07) is 0. The van der Waals surface area contributed by atoms with Crippen molar-refractivity contribution in [3.05, 3.63) is 22.3 Å². The average Bonchev–Trinajstić information content (AvgIpc) is 2.92. The van der Waals surface area contributed by atoms with Crippen molar-refractivity contribution in [1.82, 2.24) is 0 Å². The van der Waals surface area contributed by atoms with Gasteiger partial charge < -0.3 is 14.6 Å². The molecule has 0 aromatic rings. The Labute approximate surface area is 111 Å². The summed E-state index contributed by atoms with van der Waals surface area (Å²) in [5, 5.41) is 10.2. The topological polar surface area (TPSA) is 55.8 Å². The van der Waals surface area contributed by atoms with Crippen molar-refractivity contribution in [3.63, 3.8) is 0 Å². The van der Waals surface area contributed by atoms with E-state index in [0.717, 1.165) is 24.0 Å². The number of hydrogen-bond donors (Lipinski definition) is 1. The van der Waals surface area contributed by atoms with Crippen LogP contribution in [0.5, 0.6) is 0 Å². The maximum Gasteiger partial charge on any atom is 0.334 e. The number of aliphatic hydroxyl groups is 1. The highest BCUT2D eigenvalue weighted by molar-refractivity contribution is 5.92. The Balaban J connectivity index is 1.74. The normalized spacial score (nSPS) is 53.2. The molecular formula is C15H16O4. The Morgan fingerprint density at radius 3 is 2.95 bits per heavy atom. The molecule has 0 aromatic carbocycles. The van der Waals surface area contributed by atoms with Gasteiger partial charge in [0.15, 0.2) is 6.29 Å². The second kappa shape index (κ2) is 2.81. The molecule has 3 aliphatic carbocycles. The lowest BCUT2D eigenvalue weighted by Gasteiger charge is -2.41. The Bertz CT molecular complexity index is 601. The third-order valence-corrected chi connectivity index (χ3v) is 5.96. The van der Waals surface area contributed by atoms with Gasteiger partial charge in [-0.15, -0.1) is 0 Å². The van der Waals surface area contributed by atoms with Gasteiger partial charge in [-0.3, -0.25) is 0 Å². The van der Waals surface area contributed by atoms with E-state index in [9.17, 15) is 9.90 Å². The van der Waals surface area contributed by atoms with Gasteiger partial charge in [-0.05, 0) is 48.2 Å². The highest BCUT2D eigenvalue weighted by atomic mass is 16.6. The van der Waals surface area contributed by atoms with Crippen molar-refractivity contribution in [2.24, 2.45) is 17.3 Å². The van der Waals surface area contributed by atoms with E-state index < -0.39 is 6.29 Å². The molecule has 4 heteroatoms. The van der Waals surface area contributed by atoms with Crippen LogP contribution in [-0.4, -0.2) is 29.6 Å². The fourth-order valence-electron chi connectivity index (χ4n) is 5.04. The highest BCUT2D eigenvalue weighted by Gasteiger charge is 2.69. The van der Waals surface area contributed by atoms with Crippen molar-refractivity contribution in [1.29, 1.82) is 0 Å². The molecule has 2 fully saturated rings. The molecule has 0 amide bonds. The lowest BCUT2D eigenvalue weighted by atomic mass is 9.66. The molecule has 5 rings (SSSR count). The predicted octanol–water partition coefficient (Wildman–Crippen LogP) is 1.30. The first-order valence-electron chi connectivity index (χ1n) is 7.02. The van der Waals surface area contributed by atoms with Crippen LogP contribution in [0, 0.1) is 17.3 Å². The van der Waals surface area contributed by atoms with Gasteiger partial charge in [0.05, 0.1) is 0 Å². The summed E-state index contributed by atoms with van der Waals surface area (Å²) >= 11 is 0. The zero-order valence-electron chi connectivity index (χ0n) is 11.0. The molecule has 6 atom stereocenters. The van der Waals surface area contributed by atoms with Crippen LogP contribution in [0.15, 0.2) is 22.3 Å². The lowest BCUT2D eigenvalue weighted by molar-refractivity contribution is -0.142. The molecule has 100 valence electrons. The molecule has 2 heterocycles. The molecule has 0 radical (unpaired) electrons. The van der Waals surface area contributed by atoms with E-state index >= 15 is 0 Å². The van der Waals surface area contributed by atoms with Crippen molar-refractivity contribution >= 4 is 5.97 Å². The number of esters is 1. The predicted molar refractivity (Wildman–Crippen MR) is 64.8 cm³/mol. The zero-order chi connectivity index (χ0) is 13.1. The summed E-state index contributed by atoms with van der Waals surface area (Å²) in [7, 11) is 0. The molecule has 0 unspecified atom stereocenters. The van der Waals surface area contributed by atoms with Gasteiger partial charge in [0.2, 0.25) is 0 Å². The second-order valence-electron chi connectivity index (χ2n) is 6.78. The van der Waals surface area contributed by atoms with Crippen molar-refractivity contribution in [2.45, 2.75) is 45.2 Å². The minimum atomic E-state index is -0.772. The van der Waals surface area contributed by atoms with Crippen molar-refractivity contribution < 1.29 is 19.4 Å². The Morgan fingerprint density at radius 1 is 1.37 bits per heavy atom. The molecular weight excluding hydrogens is 244 g/mol. The quantitative estimate of drug-likeness (QED) is 0.527. The van der Waals surface area contributed by atoms with Crippen LogP contribution in [0.3, 0.4) is 0 Å². The van der Waals surface area contributed by atoms with E-state index in [2.05, 4.69) is 6.92 Å². The van der Waals surface area contributed by atoms with E-state index in [4.69, 9.17) is 9.47 Å². The Morgan fingerprint density at radius 2 is 2.16 bits per heavy atom. The minimum absolute atomic E-state index is 0.0568. The van der Waals surface area contributed by atoms with Crippen molar-refractivity contribution in [3.8, 4) is 0 Å². The number of ether oxygens (including phenoxy) is 2. The summed E-state index contributed by atoms with van der Waals surface area (Å²) in [6.45, 7) is 4.07. The monoisotopic (exact) mass is 260 g/mol. The molecule has 5 aliphatic rings. The lowest BCUT2D eigenvalue weighted by Crippen LogP contribution is -2.41. The van der Waals surface area contributed by atoms with Crippen LogP contribution in [0.1, 0.15) is 26.7 Å². The second-order valence-corrected chi connectivity index (χ2v) is 6.78. The summed E-state index contributed by atoms with van der Waals surface area (Å²) < 4.78 is 11.3.